The van der Waals surface area contributed by atoms with E-state index in [-0.39, 0.29) is 29.7 Å². The molecule has 2 aromatic rings. The number of carboxylic acid groups (broad SMARTS) is 1. The van der Waals surface area contributed by atoms with Gasteiger partial charge in [-0.3, -0.25) is 4.79 Å². The Morgan fingerprint density at radius 1 is 1.24 bits per heavy atom. The fourth-order valence-corrected chi connectivity index (χ4v) is 2.50. The largest absolute Gasteiger partial charge is 0.478 e. The third-order valence-corrected chi connectivity index (χ3v) is 3.55. The number of carbonyl (C=O) groups excluding carboxylic acids is 1. The minimum Gasteiger partial charge on any atom is -0.478 e. The zero-order chi connectivity index (χ0) is 15.4. The van der Waals surface area contributed by atoms with Gasteiger partial charge in [-0.1, -0.05) is 6.07 Å². The Kier molecular flexibility index (Phi) is 4.64. The van der Waals surface area contributed by atoms with Crippen molar-refractivity contribution in [2.24, 2.45) is 0 Å². The normalized spacial score (nSPS) is 10.4. The van der Waals surface area contributed by atoms with Crippen LogP contribution in [-0.2, 0) is 11.2 Å². The molecule has 1 heterocycles. The second kappa shape index (κ2) is 6.45. The Hall–Kier alpha value is -2.28. The van der Waals surface area contributed by atoms with Gasteiger partial charge in [0.25, 0.3) is 0 Å². The highest BCUT2D eigenvalue weighted by Crippen LogP contribution is 2.21. The number of aryl methyl sites for hydroxylation is 1. The first-order chi connectivity index (χ1) is 9.97. The Morgan fingerprint density at radius 2 is 2.00 bits per heavy atom. The average molecular weight is 311 g/mol. The molecule has 1 aromatic heterocycles. The van der Waals surface area contributed by atoms with Crippen molar-refractivity contribution >= 4 is 28.9 Å². The molecule has 0 saturated carbocycles. The highest BCUT2D eigenvalue weighted by atomic mass is 32.1. The molecule has 2 rings (SSSR count). The Morgan fingerprint density at radius 3 is 2.67 bits per heavy atom. The van der Waals surface area contributed by atoms with Crippen LogP contribution >= 0.6 is 11.3 Å². The van der Waals surface area contributed by atoms with Crippen LogP contribution in [0.4, 0.5) is 14.5 Å². The van der Waals surface area contributed by atoms with Gasteiger partial charge in [0.15, 0.2) is 0 Å². The number of nitrogens with one attached hydrogen (secondary N) is 1. The number of halogens is 2. The first-order valence-electron chi connectivity index (χ1n) is 6.00. The molecule has 0 atom stereocenters. The first kappa shape index (κ1) is 15.1. The van der Waals surface area contributed by atoms with E-state index < -0.39 is 23.5 Å². The van der Waals surface area contributed by atoms with Crippen LogP contribution < -0.4 is 5.32 Å². The highest BCUT2D eigenvalue weighted by Gasteiger charge is 2.14. The number of aromatic carboxylic acids is 1. The molecule has 1 aromatic carbocycles. The van der Waals surface area contributed by atoms with Crippen molar-refractivity contribution in [3.05, 3.63) is 51.7 Å². The summed E-state index contributed by atoms with van der Waals surface area (Å²) in [6.45, 7) is 0. The van der Waals surface area contributed by atoms with Gasteiger partial charge in [0.05, 0.1) is 11.3 Å². The number of hydrogen-bond acceptors (Lipinski definition) is 3. The summed E-state index contributed by atoms with van der Waals surface area (Å²) in [4.78, 5) is 22.6. The summed E-state index contributed by atoms with van der Waals surface area (Å²) in [6.07, 6.45) is 0.0714. The van der Waals surface area contributed by atoms with Crippen molar-refractivity contribution in [2.45, 2.75) is 12.8 Å². The van der Waals surface area contributed by atoms with Crippen LogP contribution in [0, 0.1) is 11.6 Å². The van der Waals surface area contributed by atoms with E-state index >= 15 is 0 Å². The van der Waals surface area contributed by atoms with Gasteiger partial charge in [0.1, 0.15) is 11.6 Å². The lowest BCUT2D eigenvalue weighted by Crippen LogP contribution is -2.14. The van der Waals surface area contributed by atoms with E-state index in [0.717, 1.165) is 23.5 Å². The van der Waals surface area contributed by atoms with Gasteiger partial charge in [-0.25, -0.2) is 13.6 Å². The van der Waals surface area contributed by atoms with Gasteiger partial charge in [-0.05, 0) is 18.1 Å². The van der Waals surface area contributed by atoms with Crippen LogP contribution in [0.1, 0.15) is 22.3 Å². The average Bonchev–Trinajstić information content (AvgIpc) is 2.86. The quantitative estimate of drug-likeness (QED) is 0.890. The van der Waals surface area contributed by atoms with Crippen molar-refractivity contribution in [3.63, 3.8) is 0 Å². The molecular formula is C14H11F2NO3S. The van der Waals surface area contributed by atoms with Crippen molar-refractivity contribution < 1.29 is 23.5 Å². The third-order valence-electron chi connectivity index (χ3n) is 2.80. The fourth-order valence-electron chi connectivity index (χ4n) is 1.74. The number of anilines is 1. The molecule has 0 aliphatic rings. The summed E-state index contributed by atoms with van der Waals surface area (Å²) in [6, 6.07) is 3.16. The topological polar surface area (TPSA) is 66.4 Å². The standard InChI is InChI=1S/C14H11F2NO3S/c15-9-3-1-8(11(16)5-9)2-4-13(18)17-12-7-21-6-10(12)14(19)20/h1,3,5-7H,2,4H2,(H,17,18)(H,19,20). The van der Waals surface area contributed by atoms with Gasteiger partial charge < -0.3 is 10.4 Å². The maximum absolute atomic E-state index is 13.4. The van der Waals surface area contributed by atoms with Crippen LogP contribution in [0.5, 0.6) is 0 Å². The molecule has 0 aliphatic carbocycles. The molecule has 0 unspecified atom stereocenters. The Balaban J connectivity index is 1.96. The molecule has 110 valence electrons. The number of rotatable bonds is 5. The van der Waals surface area contributed by atoms with E-state index in [9.17, 15) is 18.4 Å². The number of thiophene rings is 1. The second-order valence-electron chi connectivity index (χ2n) is 4.29. The summed E-state index contributed by atoms with van der Waals surface area (Å²) in [5, 5.41) is 14.3. The van der Waals surface area contributed by atoms with E-state index in [1.807, 2.05) is 0 Å². The molecule has 0 spiro atoms. The minimum atomic E-state index is -1.13. The van der Waals surface area contributed by atoms with E-state index in [1.165, 1.54) is 16.8 Å². The van der Waals surface area contributed by atoms with Crippen molar-refractivity contribution in [3.8, 4) is 0 Å². The third kappa shape index (κ3) is 3.85. The second-order valence-corrected chi connectivity index (χ2v) is 5.03. The summed E-state index contributed by atoms with van der Waals surface area (Å²) < 4.78 is 26.1. The van der Waals surface area contributed by atoms with Crippen LogP contribution in [-0.4, -0.2) is 17.0 Å². The number of hydrogen-bond donors (Lipinski definition) is 2. The van der Waals surface area contributed by atoms with E-state index in [0.29, 0.717) is 0 Å². The van der Waals surface area contributed by atoms with Crippen LogP contribution in [0.25, 0.3) is 0 Å². The number of carboxylic acids is 1. The maximum atomic E-state index is 13.4. The Bertz CT molecular complexity index is 685. The molecule has 0 radical (unpaired) electrons. The summed E-state index contributed by atoms with van der Waals surface area (Å²) in [5.41, 5.74) is 0.466. The minimum absolute atomic E-state index is 0.0151. The predicted molar refractivity (Wildman–Crippen MR) is 74.6 cm³/mol. The van der Waals surface area contributed by atoms with E-state index in [1.54, 1.807) is 0 Å². The monoisotopic (exact) mass is 311 g/mol. The smallest absolute Gasteiger partial charge is 0.338 e. The highest BCUT2D eigenvalue weighted by molar-refractivity contribution is 7.08. The molecule has 0 saturated heterocycles. The van der Waals surface area contributed by atoms with Crippen molar-refractivity contribution in [1.82, 2.24) is 0 Å². The summed E-state index contributed by atoms with van der Waals surface area (Å²) in [7, 11) is 0. The lowest BCUT2D eigenvalue weighted by molar-refractivity contribution is -0.116. The van der Waals surface area contributed by atoms with Gasteiger partial charge in [-0.2, -0.15) is 0 Å². The molecule has 0 fully saturated rings. The predicted octanol–water partition coefficient (Wildman–Crippen LogP) is 3.30. The van der Waals surface area contributed by atoms with Gasteiger partial charge in [0.2, 0.25) is 5.91 Å². The summed E-state index contributed by atoms with van der Waals surface area (Å²) >= 11 is 1.16. The maximum Gasteiger partial charge on any atom is 0.338 e. The van der Waals surface area contributed by atoms with Crippen LogP contribution in [0.2, 0.25) is 0 Å². The molecule has 0 aliphatic heterocycles. The molecule has 21 heavy (non-hydrogen) atoms. The number of amides is 1. The van der Waals surface area contributed by atoms with Crippen molar-refractivity contribution in [1.29, 1.82) is 0 Å². The molecular weight excluding hydrogens is 300 g/mol. The lowest BCUT2D eigenvalue weighted by atomic mass is 10.1. The molecule has 0 bridgehead atoms. The molecule has 1 amide bonds. The SMILES string of the molecule is O=C(CCc1ccc(F)cc1F)Nc1cscc1C(=O)O. The van der Waals surface area contributed by atoms with Crippen LogP contribution in [0.3, 0.4) is 0 Å². The fraction of sp³-hybridized carbons (Fsp3) is 0.143. The number of benzene rings is 1. The molecule has 2 N–H and O–H groups in total. The van der Waals surface area contributed by atoms with Gasteiger partial charge in [0, 0.05) is 23.2 Å². The first-order valence-corrected chi connectivity index (χ1v) is 6.95. The lowest BCUT2D eigenvalue weighted by Gasteiger charge is -2.05. The van der Waals surface area contributed by atoms with Crippen LogP contribution in [0.15, 0.2) is 29.0 Å². The molecule has 7 heteroatoms. The van der Waals surface area contributed by atoms with E-state index in [2.05, 4.69) is 5.32 Å². The zero-order valence-corrected chi connectivity index (χ0v) is 11.5. The summed E-state index contributed by atoms with van der Waals surface area (Å²) in [5.74, 6) is -2.94. The van der Waals surface area contributed by atoms with Crippen molar-refractivity contribution in [2.75, 3.05) is 5.32 Å². The number of carbonyl (C=O) groups is 2. The van der Waals surface area contributed by atoms with Gasteiger partial charge in [-0.15, -0.1) is 11.3 Å². The van der Waals surface area contributed by atoms with Gasteiger partial charge >= 0.3 is 5.97 Å². The molecule has 4 nitrogen and oxygen atoms in total. The van der Waals surface area contributed by atoms with E-state index in [4.69, 9.17) is 5.11 Å². The zero-order valence-electron chi connectivity index (χ0n) is 10.7. The Labute approximate surface area is 123 Å².